The molecule has 0 saturated carbocycles. The van der Waals surface area contributed by atoms with Gasteiger partial charge in [0.05, 0.1) is 0 Å². The zero-order valence-corrected chi connectivity index (χ0v) is 8.88. The van der Waals surface area contributed by atoms with Gasteiger partial charge in [-0.15, -0.1) is 0 Å². The molecule has 1 rings (SSSR count). The van der Waals surface area contributed by atoms with Gasteiger partial charge in [0.25, 0.3) is 0 Å². The van der Waals surface area contributed by atoms with Crippen molar-refractivity contribution in [2.45, 2.75) is 19.4 Å². The van der Waals surface area contributed by atoms with Crippen molar-refractivity contribution in [2.75, 3.05) is 5.32 Å². The largest absolute Gasteiger partial charge is 0.480 e. The molecule has 0 aromatic heterocycles. The van der Waals surface area contributed by atoms with Crippen LogP contribution >= 0.6 is 11.6 Å². The Bertz CT molecular complexity index is 350. The summed E-state index contributed by atoms with van der Waals surface area (Å²) in [4.78, 5) is 10.7. The number of hydrogen-bond donors (Lipinski definition) is 2. The van der Waals surface area contributed by atoms with E-state index in [0.717, 1.165) is 6.07 Å². The van der Waals surface area contributed by atoms with Crippen LogP contribution in [0.3, 0.4) is 0 Å². The maximum absolute atomic E-state index is 12.9. The lowest BCUT2D eigenvalue weighted by Crippen LogP contribution is -2.28. The van der Waals surface area contributed by atoms with Crippen LogP contribution in [0, 0.1) is 5.82 Å². The van der Waals surface area contributed by atoms with Gasteiger partial charge in [0.2, 0.25) is 0 Å². The highest BCUT2D eigenvalue weighted by Gasteiger charge is 2.14. The first-order chi connectivity index (χ1) is 7.02. The fourth-order valence-electron chi connectivity index (χ4n) is 1.18. The standard InChI is InChI=1S/C10H11ClFNO2/c1-2-9(10(14)15)13-8-4-6(11)3-7(12)5-8/h3-5,9,13H,2H2,1H3,(H,14,15). The molecule has 0 spiro atoms. The maximum atomic E-state index is 12.9. The van der Waals surface area contributed by atoms with Crippen LogP contribution in [0.5, 0.6) is 0 Å². The molecule has 1 unspecified atom stereocenters. The van der Waals surface area contributed by atoms with Gasteiger partial charge in [-0.2, -0.15) is 0 Å². The third-order valence-corrected chi connectivity index (χ3v) is 2.13. The molecule has 0 radical (unpaired) electrons. The van der Waals surface area contributed by atoms with Gasteiger partial charge in [0.15, 0.2) is 0 Å². The lowest BCUT2D eigenvalue weighted by Gasteiger charge is -2.13. The van der Waals surface area contributed by atoms with Crippen molar-refractivity contribution >= 4 is 23.3 Å². The molecule has 82 valence electrons. The number of halogens is 2. The summed E-state index contributed by atoms with van der Waals surface area (Å²) in [6.45, 7) is 1.73. The molecule has 0 heterocycles. The Hall–Kier alpha value is -1.29. The van der Waals surface area contributed by atoms with Crippen LogP contribution in [-0.2, 0) is 4.79 Å². The van der Waals surface area contributed by atoms with E-state index in [2.05, 4.69) is 5.32 Å². The van der Waals surface area contributed by atoms with Gasteiger partial charge in [-0.25, -0.2) is 9.18 Å². The van der Waals surface area contributed by atoms with E-state index in [-0.39, 0.29) is 5.02 Å². The molecule has 1 atom stereocenters. The molecular weight excluding hydrogens is 221 g/mol. The van der Waals surface area contributed by atoms with E-state index in [1.807, 2.05) is 0 Å². The Morgan fingerprint density at radius 3 is 2.73 bits per heavy atom. The van der Waals surface area contributed by atoms with Crippen LogP contribution in [0.15, 0.2) is 18.2 Å². The van der Waals surface area contributed by atoms with Crippen LogP contribution in [0.2, 0.25) is 5.02 Å². The summed E-state index contributed by atoms with van der Waals surface area (Å²) in [6.07, 6.45) is 0.406. The minimum Gasteiger partial charge on any atom is -0.480 e. The zero-order valence-electron chi connectivity index (χ0n) is 8.13. The Morgan fingerprint density at radius 2 is 2.27 bits per heavy atom. The lowest BCUT2D eigenvalue weighted by molar-refractivity contribution is -0.137. The van der Waals surface area contributed by atoms with Crippen molar-refractivity contribution in [1.29, 1.82) is 0 Å². The third-order valence-electron chi connectivity index (χ3n) is 1.91. The number of benzene rings is 1. The highest BCUT2D eigenvalue weighted by atomic mass is 35.5. The van der Waals surface area contributed by atoms with Gasteiger partial charge in [0.1, 0.15) is 11.9 Å². The van der Waals surface area contributed by atoms with Crippen LogP contribution < -0.4 is 5.32 Å². The molecule has 0 fully saturated rings. The van der Waals surface area contributed by atoms with Crippen LogP contribution in [-0.4, -0.2) is 17.1 Å². The molecule has 0 aliphatic heterocycles. The maximum Gasteiger partial charge on any atom is 0.326 e. The van der Waals surface area contributed by atoms with Gasteiger partial charge >= 0.3 is 5.97 Å². The average molecular weight is 232 g/mol. The fourth-order valence-corrected chi connectivity index (χ4v) is 1.40. The van der Waals surface area contributed by atoms with Crippen LogP contribution in [0.1, 0.15) is 13.3 Å². The molecule has 15 heavy (non-hydrogen) atoms. The van der Waals surface area contributed by atoms with E-state index in [0.29, 0.717) is 12.1 Å². The van der Waals surface area contributed by atoms with Gasteiger partial charge in [0, 0.05) is 10.7 Å². The van der Waals surface area contributed by atoms with Gasteiger partial charge in [-0.3, -0.25) is 0 Å². The summed E-state index contributed by atoms with van der Waals surface area (Å²) in [5, 5.41) is 11.7. The summed E-state index contributed by atoms with van der Waals surface area (Å²) in [7, 11) is 0. The topological polar surface area (TPSA) is 49.3 Å². The Morgan fingerprint density at radius 1 is 1.60 bits per heavy atom. The summed E-state index contributed by atoms with van der Waals surface area (Å²) in [5.41, 5.74) is 0.370. The molecule has 3 nitrogen and oxygen atoms in total. The molecule has 0 amide bonds. The average Bonchev–Trinajstić information content (AvgIpc) is 2.12. The summed E-state index contributed by atoms with van der Waals surface area (Å²) in [6, 6.07) is 3.12. The molecule has 0 saturated heterocycles. The lowest BCUT2D eigenvalue weighted by atomic mass is 10.2. The first-order valence-electron chi connectivity index (χ1n) is 4.48. The predicted molar refractivity (Wildman–Crippen MR) is 56.7 cm³/mol. The molecule has 1 aromatic carbocycles. The highest BCUT2D eigenvalue weighted by molar-refractivity contribution is 6.30. The van der Waals surface area contributed by atoms with Gasteiger partial charge in [-0.1, -0.05) is 18.5 Å². The SMILES string of the molecule is CCC(Nc1cc(F)cc(Cl)c1)C(=O)O. The van der Waals surface area contributed by atoms with Crippen LogP contribution in [0.4, 0.5) is 10.1 Å². The summed E-state index contributed by atoms with van der Waals surface area (Å²) >= 11 is 5.63. The number of carbonyl (C=O) groups is 1. The normalized spacial score (nSPS) is 12.2. The number of anilines is 1. The van der Waals surface area contributed by atoms with E-state index in [1.165, 1.54) is 12.1 Å². The fraction of sp³-hybridized carbons (Fsp3) is 0.300. The molecule has 0 bridgehead atoms. The van der Waals surface area contributed by atoms with E-state index >= 15 is 0 Å². The Kier molecular flexibility index (Phi) is 3.91. The molecule has 5 heteroatoms. The number of aliphatic carboxylic acids is 1. The predicted octanol–water partition coefficient (Wildman–Crippen LogP) is 2.75. The number of hydrogen-bond acceptors (Lipinski definition) is 2. The summed E-state index contributed by atoms with van der Waals surface area (Å²) in [5.74, 6) is -1.47. The van der Waals surface area contributed by atoms with E-state index in [4.69, 9.17) is 16.7 Å². The van der Waals surface area contributed by atoms with Crippen molar-refractivity contribution in [3.63, 3.8) is 0 Å². The minimum atomic E-state index is -0.974. The molecule has 1 aromatic rings. The molecule has 0 aliphatic rings. The number of rotatable bonds is 4. The highest BCUT2D eigenvalue weighted by Crippen LogP contribution is 2.19. The van der Waals surface area contributed by atoms with Crippen molar-refractivity contribution in [3.8, 4) is 0 Å². The third kappa shape index (κ3) is 3.40. The second-order valence-electron chi connectivity index (χ2n) is 3.10. The quantitative estimate of drug-likeness (QED) is 0.838. The Labute approximate surface area is 91.9 Å². The number of carboxylic acids is 1. The van der Waals surface area contributed by atoms with E-state index in [1.54, 1.807) is 6.92 Å². The van der Waals surface area contributed by atoms with E-state index < -0.39 is 17.8 Å². The van der Waals surface area contributed by atoms with Crippen molar-refractivity contribution in [3.05, 3.63) is 29.0 Å². The minimum absolute atomic E-state index is 0.234. The zero-order chi connectivity index (χ0) is 11.4. The van der Waals surface area contributed by atoms with Crippen molar-refractivity contribution in [1.82, 2.24) is 0 Å². The number of carboxylic acid groups (broad SMARTS) is 1. The van der Waals surface area contributed by atoms with Crippen LogP contribution in [0.25, 0.3) is 0 Å². The molecule has 2 N–H and O–H groups in total. The van der Waals surface area contributed by atoms with Crippen molar-refractivity contribution < 1.29 is 14.3 Å². The first-order valence-corrected chi connectivity index (χ1v) is 4.86. The summed E-state index contributed by atoms with van der Waals surface area (Å²) < 4.78 is 12.9. The van der Waals surface area contributed by atoms with E-state index in [9.17, 15) is 9.18 Å². The number of nitrogens with one attached hydrogen (secondary N) is 1. The molecule has 0 aliphatic carbocycles. The van der Waals surface area contributed by atoms with Crippen molar-refractivity contribution in [2.24, 2.45) is 0 Å². The monoisotopic (exact) mass is 231 g/mol. The first kappa shape index (κ1) is 11.8. The second kappa shape index (κ2) is 4.98. The second-order valence-corrected chi connectivity index (χ2v) is 3.54. The van der Waals surface area contributed by atoms with Gasteiger partial charge < -0.3 is 10.4 Å². The molecular formula is C10H11ClFNO2. The smallest absolute Gasteiger partial charge is 0.326 e. The van der Waals surface area contributed by atoms with Gasteiger partial charge in [-0.05, 0) is 24.6 Å². The Balaban J connectivity index is 2.83.